The average Bonchev–Trinajstić information content (AvgIpc) is 4.28. The fourth-order valence-corrected chi connectivity index (χ4v) is 17.0. The summed E-state index contributed by atoms with van der Waals surface area (Å²) in [7, 11) is 0. The molecule has 4 unspecified atom stereocenters. The molecule has 1 aliphatic rings. The molecule has 11 heteroatoms. The molecule has 0 aliphatic carbocycles. The lowest BCUT2D eigenvalue weighted by Gasteiger charge is -2.19. The van der Waals surface area contributed by atoms with Crippen molar-refractivity contribution >= 4 is 98.7 Å². The second kappa shape index (κ2) is 32.5. The van der Waals surface area contributed by atoms with Crippen molar-refractivity contribution in [3.05, 3.63) is 49.9 Å². The third-order valence-electron chi connectivity index (χ3n) is 14.2. The number of hydrogen-bond donors (Lipinski definition) is 1. The van der Waals surface area contributed by atoms with Crippen molar-refractivity contribution in [1.29, 1.82) is 0 Å². The molecule has 4 nitrogen and oxygen atoms in total. The molecule has 0 bridgehead atoms. The number of aryl methyl sites for hydroxylation is 1. The molecule has 1 aromatic carbocycles. The van der Waals surface area contributed by atoms with Gasteiger partial charge >= 0.3 is 0 Å². The lowest BCUT2D eigenvalue weighted by Crippen LogP contribution is -2.07. The van der Waals surface area contributed by atoms with Crippen LogP contribution < -0.4 is 14.8 Å². The standard InChI is InChI=1S/C59H85FN2O2S6.C3H8.2C2H6/c1-15-17-24-39(16-2)25-26-42-48(60)47-53(65-42)55(70-54(47)56-62-34-46(69-56)59(12,13)14)57-61-33-44(67-57)43-31-40-49(63-29-27-37(7)22-18-20-35(3)4)52-41(32-45(68-52)58(9,10)11)50(51(40)66-43)64-30-28-38(8)23-19-21-36(5)6;1-3-2;2*1-2/h31-39,56,62H,15-30H2,1-14H3;3H2,1-2H3;2*1-2H3. The molecule has 1 aliphatic heterocycles. The minimum atomic E-state index is -0.0297. The summed E-state index contributed by atoms with van der Waals surface area (Å²) in [6.07, 6.45) is 21.7. The summed E-state index contributed by atoms with van der Waals surface area (Å²) >= 11 is 10.7. The van der Waals surface area contributed by atoms with Crippen molar-refractivity contribution in [2.24, 2.45) is 35.0 Å². The monoisotopic (exact) mass is 1170 g/mol. The van der Waals surface area contributed by atoms with Gasteiger partial charge in [0.25, 0.3) is 0 Å². The number of benzene rings is 1. The number of unbranched alkanes of at least 4 members (excludes halogenated alkanes) is 1. The van der Waals surface area contributed by atoms with Gasteiger partial charge in [0.1, 0.15) is 27.7 Å². The van der Waals surface area contributed by atoms with Crippen LogP contribution in [-0.4, -0.2) is 18.2 Å². The van der Waals surface area contributed by atoms with Crippen LogP contribution in [0.4, 0.5) is 4.39 Å². The number of thiophene rings is 4. The number of allylic oxidation sites excluding steroid dienone is 1. The first kappa shape index (κ1) is 67.4. The molecule has 0 spiro atoms. The number of halogens is 1. The van der Waals surface area contributed by atoms with Crippen LogP contribution in [0.15, 0.2) is 29.4 Å². The van der Waals surface area contributed by atoms with Crippen LogP contribution in [0.3, 0.4) is 0 Å². The topological polar surface area (TPSA) is 43.4 Å². The fraction of sp³-hybridized carbons (Fsp3) is 0.682. The zero-order chi connectivity index (χ0) is 57.2. The zero-order valence-corrected chi connectivity index (χ0v) is 56.8. The van der Waals surface area contributed by atoms with Crippen LogP contribution in [0, 0.1) is 40.8 Å². The second-order valence-corrected chi connectivity index (χ2v) is 30.6. The first-order valence-electron chi connectivity index (χ1n) is 30.3. The molecule has 0 saturated heterocycles. The third kappa shape index (κ3) is 18.7. The van der Waals surface area contributed by atoms with E-state index in [0.717, 1.165) is 100 Å². The van der Waals surface area contributed by atoms with Crippen molar-refractivity contribution in [3.8, 4) is 31.1 Å². The van der Waals surface area contributed by atoms with Crippen molar-refractivity contribution in [2.45, 2.75) is 246 Å². The smallest absolute Gasteiger partial charge is 0.146 e. The number of nitrogens with one attached hydrogen (secondary N) is 1. The Balaban J connectivity index is 0.00000175. The minimum absolute atomic E-state index is 0.00447. The number of aromatic nitrogens is 1. The molecule has 6 heterocycles. The Labute approximate surface area is 494 Å². The zero-order valence-electron chi connectivity index (χ0n) is 51.9. The fourth-order valence-electron chi connectivity index (χ4n) is 9.52. The summed E-state index contributed by atoms with van der Waals surface area (Å²) in [6.45, 7) is 46.0. The number of hydrogen-bond acceptors (Lipinski definition) is 10. The van der Waals surface area contributed by atoms with Gasteiger partial charge in [-0.1, -0.05) is 221 Å². The van der Waals surface area contributed by atoms with Crippen molar-refractivity contribution in [1.82, 2.24) is 10.3 Å². The normalized spacial score (nSPS) is 15.0. The number of rotatable bonds is 26. The summed E-state index contributed by atoms with van der Waals surface area (Å²) in [5.41, 5.74) is 0.0125. The van der Waals surface area contributed by atoms with Crippen LogP contribution in [0.25, 0.3) is 49.9 Å². The number of nitrogens with zero attached hydrogens (tertiary/aromatic N) is 1. The summed E-state index contributed by atoms with van der Waals surface area (Å²) in [5, 5.41) is 7.71. The van der Waals surface area contributed by atoms with Gasteiger partial charge in [-0.2, -0.15) is 0 Å². The maximum Gasteiger partial charge on any atom is 0.146 e. The van der Waals surface area contributed by atoms with E-state index in [1.807, 2.05) is 62.1 Å². The van der Waals surface area contributed by atoms with Gasteiger partial charge in [0.15, 0.2) is 0 Å². The number of ether oxygens (including phenoxy) is 2. The van der Waals surface area contributed by atoms with E-state index in [1.165, 1.54) is 89.0 Å². The van der Waals surface area contributed by atoms with Gasteiger partial charge in [0, 0.05) is 53.0 Å². The number of thioether (sulfide) groups is 1. The summed E-state index contributed by atoms with van der Waals surface area (Å²) in [4.78, 5) is 13.2. The molecule has 5 aromatic heterocycles. The summed E-state index contributed by atoms with van der Waals surface area (Å²) in [5.74, 6) is 5.30. The summed E-state index contributed by atoms with van der Waals surface area (Å²) < 4.78 is 34.5. The van der Waals surface area contributed by atoms with Gasteiger partial charge in [-0.3, -0.25) is 0 Å². The predicted molar refractivity (Wildman–Crippen MR) is 353 cm³/mol. The summed E-state index contributed by atoms with van der Waals surface area (Å²) in [6, 6.07) is 4.75. The maximum absolute atomic E-state index is 17.0. The van der Waals surface area contributed by atoms with Crippen LogP contribution in [-0.2, 0) is 11.8 Å². The highest BCUT2D eigenvalue weighted by molar-refractivity contribution is 8.03. The first-order chi connectivity index (χ1) is 36.7. The Kier molecular flexibility index (Phi) is 28.4. The third-order valence-corrected chi connectivity index (χ3v) is 22.6. The highest BCUT2D eigenvalue weighted by atomic mass is 32.2. The first-order valence-corrected chi connectivity index (χ1v) is 35.3. The quantitative estimate of drug-likeness (QED) is 0.0586. The molecule has 6 aromatic rings. The van der Waals surface area contributed by atoms with Crippen LogP contribution in [0.5, 0.6) is 11.5 Å². The largest absolute Gasteiger partial charge is 0.491 e. The number of thiazole rings is 1. The SMILES string of the molecule is CC.CC.CCC.CCCCC(CC)CCc1sc2c(-c3ncc(-c4cc5c(OCCC(C)CCCC(C)C)c6sc(C(C)(C)C)cc6c(OCCC(C)CCCC(C)C)c5s4)s3)sc(C3NC=C(C(C)(C)C)S3)c2c1F. The molecule has 434 valence electrons. The van der Waals surface area contributed by atoms with E-state index in [9.17, 15) is 0 Å². The van der Waals surface area contributed by atoms with Crippen LogP contribution >= 0.6 is 68.4 Å². The molecule has 4 atom stereocenters. The van der Waals surface area contributed by atoms with Crippen LogP contribution in [0.2, 0.25) is 0 Å². The van der Waals surface area contributed by atoms with Crippen molar-refractivity contribution in [3.63, 3.8) is 0 Å². The predicted octanol–water partition coefficient (Wildman–Crippen LogP) is 24.9. The Bertz CT molecular complexity index is 2600. The van der Waals surface area contributed by atoms with Gasteiger partial charge in [-0.25, -0.2) is 9.37 Å². The van der Waals surface area contributed by atoms with Crippen LogP contribution in [0.1, 0.15) is 248 Å². The van der Waals surface area contributed by atoms with E-state index in [1.54, 1.807) is 34.0 Å². The molecule has 0 amide bonds. The maximum atomic E-state index is 17.0. The lowest BCUT2D eigenvalue weighted by molar-refractivity contribution is 0.277. The Hall–Kier alpha value is -2.15. The van der Waals surface area contributed by atoms with Gasteiger partial charge in [-0.05, 0) is 78.2 Å². The molecule has 0 saturated carbocycles. The molecule has 0 fully saturated rings. The highest BCUT2D eigenvalue weighted by Crippen LogP contribution is 2.56. The number of fused-ring (bicyclic) bond motifs is 3. The van der Waals surface area contributed by atoms with E-state index < -0.39 is 0 Å². The molecule has 77 heavy (non-hydrogen) atoms. The Morgan fingerprint density at radius 1 is 0.636 bits per heavy atom. The molecule has 7 rings (SSSR count). The van der Waals surface area contributed by atoms with Crippen molar-refractivity contribution in [2.75, 3.05) is 13.2 Å². The van der Waals surface area contributed by atoms with Gasteiger partial charge in [-0.15, -0.1) is 56.7 Å². The van der Waals surface area contributed by atoms with Crippen molar-refractivity contribution < 1.29 is 13.9 Å². The molecule has 1 N–H and O–H groups in total. The molecular weight excluding hydrogens is 1060 g/mol. The highest BCUT2D eigenvalue weighted by Gasteiger charge is 2.34. The second-order valence-electron chi connectivity index (χ2n) is 24.2. The van der Waals surface area contributed by atoms with Gasteiger partial charge in [0.05, 0.1) is 37.1 Å². The molecule has 0 radical (unpaired) electrons. The van der Waals surface area contributed by atoms with E-state index in [2.05, 4.69) is 141 Å². The average molecular weight is 1170 g/mol. The van der Waals surface area contributed by atoms with E-state index >= 15 is 4.39 Å². The van der Waals surface area contributed by atoms with E-state index in [-0.39, 0.29) is 22.0 Å². The Morgan fingerprint density at radius 2 is 1.21 bits per heavy atom. The van der Waals surface area contributed by atoms with E-state index in [0.29, 0.717) is 31.0 Å². The van der Waals surface area contributed by atoms with Gasteiger partial charge < -0.3 is 14.8 Å². The lowest BCUT2D eigenvalue weighted by atomic mass is 9.94. The minimum Gasteiger partial charge on any atom is -0.491 e. The van der Waals surface area contributed by atoms with E-state index in [4.69, 9.17) is 14.5 Å². The molecular formula is C66H105FN2O2S6. The van der Waals surface area contributed by atoms with Gasteiger partial charge in [0.2, 0.25) is 0 Å². The Morgan fingerprint density at radius 3 is 1.73 bits per heavy atom.